The van der Waals surface area contributed by atoms with Crippen LogP contribution in [0.1, 0.15) is 24.0 Å². The molecule has 2 aromatic rings. The van der Waals surface area contributed by atoms with Crippen LogP contribution in [0.5, 0.6) is 0 Å². The van der Waals surface area contributed by atoms with Crippen molar-refractivity contribution in [2.45, 2.75) is 25.2 Å². The second-order valence-corrected chi connectivity index (χ2v) is 6.68. The second-order valence-electron chi connectivity index (χ2n) is 6.68. The Labute approximate surface area is 154 Å². The number of carbonyl (C=O) groups is 2. The lowest BCUT2D eigenvalue weighted by molar-refractivity contribution is -0.384. The van der Waals surface area contributed by atoms with E-state index in [1.54, 1.807) is 19.1 Å². The fourth-order valence-corrected chi connectivity index (χ4v) is 2.93. The predicted molar refractivity (Wildman–Crippen MR) is 96.8 cm³/mol. The number of non-ortho nitro benzene ring substituents is 1. The van der Waals surface area contributed by atoms with Crippen molar-refractivity contribution < 1.29 is 18.9 Å². The van der Waals surface area contributed by atoms with Crippen LogP contribution in [0.2, 0.25) is 0 Å². The number of anilines is 1. The van der Waals surface area contributed by atoms with E-state index in [9.17, 15) is 24.1 Å². The molecule has 0 heterocycles. The predicted octanol–water partition coefficient (Wildman–Crippen LogP) is 2.83. The number of nitro benzene ring substituents is 1. The van der Waals surface area contributed by atoms with Crippen molar-refractivity contribution in [3.8, 4) is 0 Å². The Morgan fingerprint density at radius 1 is 1.15 bits per heavy atom. The Balaban J connectivity index is 1.59. The van der Waals surface area contributed by atoms with E-state index in [0.29, 0.717) is 11.3 Å². The number of hydrogen-bond donors (Lipinski definition) is 2. The lowest BCUT2D eigenvalue weighted by Crippen LogP contribution is -2.39. The van der Waals surface area contributed by atoms with Crippen LogP contribution < -0.4 is 10.6 Å². The minimum Gasteiger partial charge on any atom is -0.347 e. The molecule has 8 heteroatoms. The third-order valence-corrected chi connectivity index (χ3v) is 4.77. The van der Waals surface area contributed by atoms with Crippen molar-refractivity contribution in [1.82, 2.24) is 5.32 Å². The zero-order valence-corrected chi connectivity index (χ0v) is 14.6. The fraction of sp³-hybridized carbons (Fsp3) is 0.263. The summed E-state index contributed by atoms with van der Waals surface area (Å²) in [6.45, 7) is 1.89. The molecule has 2 N–H and O–H groups in total. The monoisotopic (exact) mass is 371 g/mol. The number of hydrogen-bond acceptors (Lipinski definition) is 4. The van der Waals surface area contributed by atoms with Gasteiger partial charge in [-0.15, -0.1) is 0 Å². The number of carbonyl (C=O) groups excluding carboxylic acids is 2. The van der Waals surface area contributed by atoms with Gasteiger partial charge in [-0.1, -0.05) is 12.1 Å². The molecule has 140 valence electrons. The van der Waals surface area contributed by atoms with Crippen molar-refractivity contribution in [2.24, 2.45) is 0 Å². The van der Waals surface area contributed by atoms with Gasteiger partial charge in [0, 0.05) is 29.8 Å². The lowest BCUT2D eigenvalue weighted by atomic mass is 9.96. The molecule has 1 fully saturated rings. The lowest BCUT2D eigenvalue weighted by Gasteiger charge is -2.16. The SMILES string of the molecule is Cc1cc([N+](=O)[O-])ccc1NC(=O)C(=O)NCC1(c2ccc(F)cc2)CC1. The Bertz CT molecular complexity index is 908. The van der Waals surface area contributed by atoms with E-state index in [4.69, 9.17) is 0 Å². The highest BCUT2D eigenvalue weighted by molar-refractivity contribution is 6.39. The van der Waals surface area contributed by atoms with Crippen LogP contribution in [0.15, 0.2) is 42.5 Å². The second kappa shape index (κ2) is 7.14. The third-order valence-electron chi connectivity index (χ3n) is 4.77. The number of amides is 2. The van der Waals surface area contributed by atoms with Gasteiger partial charge in [0.25, 0.3) is 5.69 Å². The van der Waals surface area contributed by atoms with Gasteiger partial charge in [0.15, 0.2) is 0 Å². The number of nitrogens with one attached hydrogen (secondary N) is 2. The minimum absolute atomic E-state index is 0.0927. The largest absolute Gasteiger partial charge is 0.347 e. The van der Waals surface area contributed by atoms with Gasteiger partial charge in [-0.3, -0.25) is 19.7 Å². The number of rotatable bonds is 5. The van der Waals surface area contributed by atoms with Crippen molar-refractivity contribution in [3.05, 3.63) is 69.5 Å². The van der Waals surface area contributed by atoms with Crippen LogP contribution in [0.4, 0.5) is 15.8 Å². The molecule has 0 aromatic heterocycles. The topological polar surface area (TPSA) is 101 Å². The first-order chi connectivity index (χ1) is 12.8. The maximum Gasteiger partial charge on any atom is 0.313 e. The number of benzene rings is 2. The standard InChI is InChI=1S/C19H18FN3O4/c1-12-10-15(23(26)27)6-7-16(12)22-18(25)17(24)21-11-19(8-9-19)13-2-4-14(20)5-3-13/h2-7,10H,8-9,11H2,1H3,(H,21,24)(H,22,25). The normalized spacial score (nSPS) is 14.3. The molecule has 27 heavy (non-hydrogen) atoms. The quantitative estimate of drug-likeness (QED) is 0.479. The summed E-state index contributed by atoms with van der Waals surface area (Å²) in [6, 6.07) is 10.1. The molecule has 7 nitrogen and oxygen atoms in total. The van der Waals surface area contributed by atoms with Crippen LogP contribution in [0, 0.1) is 22.9 Å². The smallest absolute Gasteiger partial charge is 0.313 e. The van der Waals surface area contributed by atoms with Crippen molar-refractivity contribution >= 4 is 23.2 Å². The molecule has 0 bridgehead atoms. The Morgan fingerprint density at radius 3 is 2.37 bits per heavy atom. The highest BCUT2D eigenvalue weighted by Gasteiger charge is 2.44. The van der Waals surface area contributed by atoms with Gasteiger partial charge >= 0.3 is 11.8 Å². The van der Waals surface area contributed by atoms with E-state index in [1.807, 2.05) is 0 Å². The summed E-state index contributed by atoms with van der Waals surface area (Å²) in [5.41, 5.74) is 1.39. The van der Waals surface area contributed by atoms with E-state index in [2.05, 4.69) is 10.6 Å². The maximum atomic E-state index is 13.1. The summed E-state index contributed by atoms with van der Waals surface area (Å²) in [5, 5.41) is 15.8. The molecule has 0 spiro atoms. The summed E-state index contributed by atoms with van der Waals surface area (Å²) < 4.78 is 13.1. The van der Waals surface area contributed by atoms with Crippen LogP contribution >= 0.6 is 0 Å². The molecule has 3 rings (SSSR count). The van der Waals surface area contributed by atoms with Crippen LogP contribution in [-0.4, -0.2) is 23.3 Å². The maximum absolute atomic E-state index is 13.1. The Kier molecular flexibility index (Phi) is 4.89. The highest BCUT2D eigenvalue weighted by Crippen LogP contribution is 2.47. The number of halogens is 1. The van der Waals surface area contributed by atoms with E-state index in [-0.39, 0.29) is 23.5 Å². The summed E-state index contributed by atoms with van der Waals surface area (Å²) in [4.78, 5) is 34.4. The molecule has 0 radical (unpaired) electrons. The molecule has 0 aliphatic heterocycles. The molecule has 2 aromatic carbocycles. The number of nitro groups is 1. The molecule has 0 saturated heterocycles. The summed E-state index contributed by atoms with van der Waals surface area (Å²) in [7, 11) is 0. The average molecular weight is 371 g/mol. The molecular weight excluding hydrogens is 353 g/mol. The van der Waals surface area contributed by atoms with Gasteiger partial charge in [-0.05, 0) is 49.1 Å². The van der Waals surface area contributed by atoms with Crippen molar-refractivity contribution in [3.63, 3.8) is 0 Å². The minimum atomic E-state index is -0.846. The number of aryl methyl sites for hydroxylation is 1. The fourth-order valence-electron chi connectivity index (χ4n) is 2.93. The van der Waals surface area contributed by atoms with Gasteiger partial charge in [0.1, 0.15) is 5.82 Å². The van der Waals surface area contributed by atoms with Crippen LogP contribution in [0.3, 0.4) is 0 Å². The Hall–Kier alpha value is -3.29. The van der Waals surface area contributed by atoms with E-state index >= 15 is 0 Å². The van der Waals surface area contributed by atoms with Crippen molar-refractivity contribution in [1.29, 1.82) is 0 Å². The average Bonchev–Trinajstić information content (AvgIpc) is 3.42. The Morgan fingerprint density at radius 2 is 1.81 bits per heavy atom. The third kappa shape index (κ3) is 4.11. The van der Waals surface area contributed by atoms with E-state index < -0.39 is 16.7 Å². The van der Waals surface area contributed by atoms with E-state index in [0.717, 1.165) is 18.4 Å². The molecule has 0 unspecified atom stereocenters. The molecule has 1 aliphatic rings. The highest BCUT2D eigenvalue weighted by atomic mass is 19.1. The number of nitrogens with zero attached hydrogens (tertiary/aromatic N) is 1. The van der Waals surface area contributed by atoms with Crippen molar-refractivity contribution in [2.75, 3.05) is 11.9 Å². The zero-order chi connectivity index (χ0) is 19.6. The zero-order valence-electron chi connectivity index (χ0n) is 14.6. The van der Waals surface area contributed by atoms with E-state index in [1.165, 1.54) is 30.3 Å². The first-order valence-electron chi connectivity index (χ1n) is 8.41. The van der Waals surface area contributed by atoms with Gasteiger partial charge in [-0.2, -0.15) is 0 Å². The van der Waals surface area contributed by atoms with Gasteiger partial charge in [0.05, 0.1) is 4.92 Å². The van der Waals surface area contributed by atoms with Gasteiger partial charge in [0.2, 0.25) is 0 Å². The molecule has 0 atom stereocenters. The summed E-state index contributed by atoms with van der Waals surface area (Å²) in [6.07, 6.45) is 1.70. The van der Waals surface area contributed by atoms with Gasteiger partial charge in [-0.25, -0.2) is 4.39 Å². The first-order valence-corrected chi connectivity index (χ1v) is 8.41. The summed E-state index contributed by atoms with van der Waals surface area (Å²) >= 11 is 0. The van der Waals surface area contributed by atoms with Crippen LogP contribution in [0.25, 0.3) is 0 Å². The molecule has 2 amide bonds. The summed E-state index contributed by atoms with van der Waals surface area (Å²) in [5.74, 6) is -1.96. The molecular formula is C19H18FN3O4. The van der Waals surface area contributed by atoms with Crippen LogP contribution in [-0.2, 0) is 15.0 Å². The van der Waals surface area contributed by atoms with Gasteiger partial charge < -0.3 is 10.6 Å². The molecule has 1 saturated carbocycles. The molecule has 1 aliphatic carbocycles. The first kappa shape index (κ1) is 18.5.